The summed E-state index contributed by atoms with van der Waals surface area (Å²) in [4.78, 5) is 31.5. The number of Topliss-reactive ketones (excluding diaryl/α,β-unsaturated/α-hetero) is 1. The minimum atomic E-state index is -1.80. The number of rotatable bonds is 7. The van der Waals surface area contributed by atoms with Gasteiger partial charge in [-0.2, -0.15) is 5.10 Å². The van der Waals surface area contributed by atoms with Gasteiger partial charge in [0.1, 0.15) is 24.0 Å². The Morgan fingerprint density at radius 3 is 2.42 bits per heavy atom. The van der Waals surface area contributed by atoms with Gasteiger partial charge in [0.05, 0.1) is 17.1 Å². The van der Waals surface area contributed by atoms with Crippen LogP contribution >= 0.6 is 0 Å². The molecule has 0 saturated carbocycles. The van der Waals surface area contributed by atoms with Crippen molar-refractivity contribution in [2.24, 2.45) is 7.05 Å². The first-order chi connectivity index (χ1) is 17.9. The van der Waals surface area contributed by atoms with Crippen LogP contribution in [-0.2, 0) is 26.9 Å². The maximum Gasteiger partial charge on any atom is 0.420 e. The first-order valence-electron chi connectivity index (χ1n) is 11.7. The largest absolute Gasteiger partial charge is 0.443 e. The van der Waals surface area contributed by atoms with Crippen LogP contribution in [0.5, 0.6) is 0 Å². The van der Waals surface area contributed by atoms with E-state index in [1.807, 2.05) is 0 Å². The molecular formula is C27H28F2N4O5. The lowest BCUT2D eigenvalue weighted by Crippen LogP contribution is -2.36. The number of carbonyl (C=O) groups excluding carboxylic acids is 2. The molecule has 1 aromatic carbocycles. The molecule has 1 unspecified atom stereocenters. The molecule has 0 saturated heterocycles. The van der Waals surface area contributed by atoms with Crippen molar-refractivity contribution in [2.45, 2.75) is 38.9 Å². The molecule has 1 atom stereocenters. The number of pyridine rings is 1. The maximum atomic E-state index is 16.2. The number of nitrogens with zero attached hydrogens (tertiary/aromatic N) is 4. The monoisotopic (exact) mass is 526 g/mol. The fourth-order valence-electron chi connectivity index (χ4n) is 4.04. The summed E-state index contributed by atoms with van der Waals surface area (Å²) in [5.41, 5.74) is -2.33. The Bertz CT molecular complexity index is 1520. The summed E-state index contributed by atoms with van der Waals surface area (Å²) in [5.74, 6) is -2.12. The van der Waals surface area contributed by atoms with E-state index in [-0.39, 0.29) is 34.5 Å². The number of hydrogen-bond acceptors (Lipinski definition) is 7. The minimum absolute atomic E-state index is 0.0758. The minimum Gasteiger partial charge on any atom is -0.443 e. The van der Waals surface area contributed by atoms with E-state index in [4.69, 9.17) is 14.2 Å². The predicted octanol–water partition coefficient (Wildman–Crippen LogP) is 5.22. The second-order valence-electron chi connectivity index (χ2n) is 9.90. The van der Waals surface area contributed by atoms with E-state index in [9.17, 15) is 14.0 Å². The smallest absolute Gasteiger partial charge is 0.420 e. The van der Waals surface area contributed by atoms with Crippen LogP contribution in [0.4, 0.5) is 13.6 Å². The number of carbonyl (C=O) groups is 2. The standard InChI is InChI=1S/C27H28F2N4O5/c1-26(2,3)38-25(35)33-14-20(21-22(29)19(12-30-24(21)33)16-11-31-32(5)13-16)23(34)27(4,37-15-36-6)17-8-7-9-18(28)10-17/h7-14H,15H2,1-6H3. The lowest BCUT2D eigenvalue weighted by molar-refractivity contribution is -0.106. The zero-order valence-electron chi connectivity index (χ0n) is 21.9. The molecule has 0 amide bonds. The number of hydrogen-bond donors (Lipinski definition) is 0. The number of halogens is 2. The fourth-order valence-corrected chi connectivity index (χ4v) is 4.04. The third-order valence-corrected chi connectivity index (χ3v) is 5.88. The highest BCUT2D eigenvalue weighted by Crippen LogP contribution is 2.36. The van der Waals surface area contributed by atoms with Crippen molar-refractivity contribution in [1.29, 1.82) is 0 Å². The topological polar surface area (TPSA) is 97.5 Å². The summed E-state index contributed by atoms with van der Waals surface area (Å²) in [6.45, 7) is 6.14. The summed E-state index contributed by atoms with van der Waals surface area (Å²) < 4.78 is 49.1. The van der Waals surface area contributed by atoms with Gasteiger partial charge in [-0.3, -0.25) is 9.48 Å². The van der Waals surface area contributed by atoms with Crippen molar-refractivity contribution >= 4 is 22.9 Å². The van der Waals surface area contributed by atoms with Crippen molar-refractivity contribution < 1.29 is 32.6 Å². The molecule has 0 aliphatic rings. The average molecular weight is 527 g/mol. The molecule has 200 valence electrons. The van der Waals surface area contributed by atoms with Crippen LogP contribution in [0.1, 0.15) is 43.6 Å². The highest BCUT2D eigenvalue weighted by Gasteiger charge is 2.40. The Hall–Kier alpha value is -3.96. The van der Waals surface area contributed by atoms with Crippen LogP contribution in [0.2, 0.25) is 0 Å². The van der Waals surface area contributed by atoms with Gasteiger partial charge in [-0.15, -0.1) is 0 Å². The molecular weight excluding hydrogens is 498 g/mol. The molecule has 0 N–H and O–H groups in total. The third kappa shape index (κ3) is 5.07. The average Bonchev–Trinajstić information content (AvgIpc) is 3.45. The summed E-state index contributed by atoms with van der Waals surface area (Å²) >= 11 is 0. The molecule has 38 heavy (non-hydrogen) atoms. The van der Waals surface area contributed by atoms with Crippen molar-refractivity contribution in [2.75, 3.05) is 13.9 Å². The molecule has 4 rings (SSSR count). The highest BCUT2D eigenvalue weighted by atomic mass is 19.1. The Morgan fingerprint density at radius 1 is 1.08 bits per heavy atom. The summed E-state index contributed by atoms with van der Waals surface area (Å²) in [7, 11) is 3.05. The van der Waals surface area contributed by atoms with Crippen LogP contribution in [0, 0.1) is 11.6 Å². The van der Waals surface area contributed by atoms with E-state index in [0.29, 0.717) is 5.56 Å². The SMILES string of the molecule is COCOC(C)(C(=O)c1cn(C(=O)OC(C)(C)C)c2ncc(-c3cnn(C)c3)c(F)c12)c1cccc(F)c1. The molecule has 3 heterocycles. The van der Waals surface area contributed by atoms with Crippen LogP contribution in [0.25, 0.3) is 22.2 Å². The number of aryl methyl sites for hydroxylation is 1. The molecule has 0 aliphatic carbocycles. The van der Waals surface area contributed by atoms with Gasteiger partial charge in [0.15, 0.2) is 11.2 Å². The fraction of sp³-hybridized carbons (Fsp3) is 0.333. The first-order valence-corrected chi connectivity index (χ1v) is 11.7. The van der Waals surface area contributed by atoms with E-state index < -0.39 is 34.7 Å². The zero-order valence-corrected chi connectivity index (χ0v) is 21.9. The number of ether oxygens (including phenoxy) is 3. The summed E-state index contributed by atoms with van der Waals surface area (Å²) in [5, 5.41) is 3.86. The molecule has 4 aromatic rings. The lowest BCUT2D eigenvalue weighted by atomic mass is 9.87. The first kappa shape index (κ1) is 27.1. The highest BCUT2D eigenvalue weighted by molar-refractivity contribution is 6.13. The van der Waals surface area contributed by atoms with E-state index in [0.717, 1.165) is 16.8 Å². The van der Waals surface area contributed by atoms with Crippen LogP contribution in [0.3, 0.4) is 0 Å². The number of benzene rings is 1. The number of methoxy groups -OCH3 is 1. The van der Waals surface area contributed by atoms with E-state index in [1.165, 1.54) is 49.3 Å². The lowest BCUT2D eigenvalue weighted by Gasteiger charge is -2.28. The van der Waals surface area contributed by atoms with Gasteiger partial charge in [-0.25, -0.2) is 23.1 Å². The third-order valence-electron chi connectivity index (χ3n) is 5.88. The Kier molecular flexibility index (Phi) is 7.18. The second kappa shape index (κ2) is 10.1. The van der Waals surface area contributed by atoms with Crippen molar-refractivity contribution in [3.05, 3.63) is 71.8 Å². The van der Waals surface area contributed by atoms with Crippen LogP contribution in [-0.4, -0.2) is 50.7 Å². The van der Waals surface area contributed by atoms with Crippen molar-refractivity contribution in [1.82, 2.24) is 19.3 Å². The van der Waals surface area contributed by atoms with Gasteiger partial charge in [-0.05, 0) is 45.4 Å². The Morgan fingerprint density at radius 2 is 1.82 bits per heavy atom. The molecule has 0 bridgehead atoms. The quantitative estimate of drug-likeness (QED) is 0.241. The van der Waals surface area contributed by atoms with Crippen LogP contribution in [0.15, 0.2) is 49.1 Å². The molecule has 11 heteroatoms. The van der Waals surface area contributed by atoms with Gasteiger partial charge in [0.2, 0.25) is 5.78 Å². The molecule has 0 spiro atoms. The normalized spacial score (nSPS) is 13.5. The van der Waals surface area contributed by atoms with E-state index in [2.05, 4.69) is 10.1 Å². The molecule has 0 aliphatic heterocycles. The zero-order chi connectivity index (χ0) is 27.8. The predicted molar refractivity (Wildman–Crippen MR) is 135 cm³/mol. The van der Waals surface area contributed by atoms with E-state index in [1.54, 1.807) is 34.0 Å². The Labute approximate surface area is 217 Å². The van der Waals surface area contributed by atoms with Gasteiger partial charge in [0, 0.05) is 43.9 Å². The van der Waals surface area contributed by atoms with Gasteiger partial charge < -0.3 is 14.2 Å². The molecule has 0 radical (unpaired) electrons. The van der Waals surface area contributed by atoms with E-state index >= 15 is 4.39 Å². The van der Waals surface area contributed by atoms with Crippen LogP contribution < -0.4 is 0 Å². The van der Waals surface area contributed by atoms with Crippen molar-refractivity contribution in [3.63, 3.8) is 0 Å². The summed E-state index contributed by atoms with van der Waals surface area (Å²) in [6.07, 6.45) is 4.62. The molecule has 9 nitrogen and oxygen atoms in total. The van der Waals surface area contributed by atoms with Gasteiger partial charge in [0.25, 0.3) is 0 Å². The van der Waals surface area contributed by atoms with Crippen molar-refractivity contribution in [3.8, 4) is 11.1 Å². The number of aromatic nitrogens is 4. The van der Waals surface area contributed by atoms with Gasteiger partial charge >= 0.3 is 6.09 Å². The second-order valence-corrected chi connectivity index (χ2v) is 9.90. The summed E-state index contributed by atoms with van der Waals surface area (Å²) in [6, 6.07) is 5.32. The maximum absolute atomic E-state index is 16.2. The number of ketones is 1. The Balaban J connectivity index is 1.98. The molecule has 3 aromatic heterocycles. The van der Waals surface area contributed by atoms with Gasteiger partial charge in [-0.1, -0.05) is 12.1 Å². The number of fused-ring (bicyclic) bond motifs is 1. The molecule has 0 fully saturated rings.